The molecule has 2 aliphatic heterocycles. The number of hydrogen-bond acceptors (Lipinski definition) is 10. The number of rotatable bonds is 9. The molecular formula is C42H45Cl2F6LiN6O8. The Labute approximate surface area is 391 Å². The van der Waals surface area contributed by atoms with Crippen molar-refractivity contribution in [1.82, 2.24) is 9.80 Å². The zero-order chi connectivity index (χ0) is 45.5. The van der Waals surface area contributed by atoms with E-state index in [1.807, 2.05) is 9.80 Å². The van der Waals surface area contributed by atoms with Gasteiger partial charge >= 0.3 is 43.2 Å². The topological polar surface area (TPSA) is 224 Å². The molecule has 4 aromatic carbocycles. The maximum atomic E-state index is 13.1. The van der Waals surface area contributed by atoms with E-state index in [0.717, 1.165) is 35.4 Å². The first-order valence-electron chi connectivity index (χ1n) is 19.1. The summed E-state index contributed by atoms with van der Waals surface area (Å²) in [5.41, 5.74) is 12.7. The molecular weight excluding hydrogens is 908 g/mol. The number of halogens is 8. The van der Waals surface area contributed by atoms with Gasteiger partial charge in [0, 0.05) is 49.3 Å². The third-order valence-corrected chi connectivity index (χ3v) is 10.7. The third kappa shape index (κ3) is 14.6. The largest absolute Gasteiger partial charge is 1.00 e. The van der Waals surface area contributed by atoms with Gasteiger partial charge in [0.2, 0.25) is 11.8 Å². The molecule has 0 spiro atoms. The molecule has 4 aromatic rings. The van der Waals surface area contributed by atoms with Crippen molar-refractivity contribution in [2.45, 2.75) is 44.2 Å². The number of anilines is 4. The summed E-state index contributed by atoms with van der Waals surface area (Å²) in [6, 6.07) is 19.4. The summed E-state index contributed by atoms with van der Waals surface area (Å²) in [7, 11) is 0. The van der Waals surface area contributed by atoms with Gasteiger partial charge in [0.15, 0.2) is 0 Å². The Hall–Kier alpha value is -5.36. The van der Waals surface area contributed by atoms with Crippen LogP contribution in [0.4, 0.5) is 49.1 Å². The minimum atomic E-state index is -4.51. The SMILES string of the molecule is CCOC(=O)CC(=O)N1CCN(c2ccc(C(F)(F)F)cc2N)C(c2ccc(Cl)cc2)C1.Nc1cc(C(F)(F)F)ccc1N1CCN(C(=O)CC(=O)O)CC1c1ccc(Cl)cc1.O.[Li+].[OH-]. The van der Waals surface area contributed by atoms with Crippen molar-refractivity contribution in [3.8, 4) is 0 Å². The van der Waals surface area contributed by atoms with E-state index in [2.05, 4.69) is 0 Å². The number of nitrogen functional groups attached to an aromatic ring is 2. The van der Waals surface area contributed by atoms with Crippen LogP contribution < -0.4 is 40.1 Å². The van der Waals surface area contributed by atoms with Gasteiger partial charge in [-0.25, -0.2) is 0 Å². The Bertz CT molecular complexity index is 2260. The third-order valence-electron chi connectivity index (χ3n) is 10.2. The summed E-state index contributed by atoms with van der Waals surface area (Å²) < 4.78 is 83.0. The monoisotopic (exact) mass is 952 g/mol. The van der Waals surface area contributed by atoms with Crippen LogP contribution in [-0.4, -0.2) is 95.5 Å². The van der Waals surface area contributed by atoms with Crippen LogP contribution in [0.5, 0.6) is 0 Å². The van der Waals surface area contributed by atoms with Gasteiger partial charge < -0.3 is 51.9 Å². The smallest absolute Gasteiger partial charge is 0.870 e. The van der Waals surface area contributed by atoms with Crippen LogP contribution in [0.15, 0.2) is 84.9 Å². The number of alkyl halides is 6. The molecule has 0 aliphatic carbocycles. The number of carboxylic acids is 1. The van der Waals surface area contributed by atoms with Gasteiger partial charge in [0.25, 0.3) is 0 Å². The molecule has 0 bridgehead atoms. The Morgan fingerprint density at radius 3 is 1.35 bits per heavy atom. The number of hydrogen-bond donors (Lipinski definition) is 3. The minimum absolute atomic E-state index is 0. The number of piperazine rings is 2. The number of aliphatic carboxylic acids is 1. The van der Waals surface area contributed by atoms with Crippen LogP contribution in [0.3, 0.4) is 0 Å². The molecule has 0 aromatic heterocycles. The second kappa shape index (κ2) is 23.7. The van der Waals surface area contributed by atoms with Crippen molar-refractivity contribution in [1.29, 1.82) is 0 Å². The van der Waals surface area contributed by atoms with Crippen LogP contribution in [0.25, 0.3) is 0 Å². The number of carboxylic acid groups (broad SMARTS) is 1. The van der Waals surface area contributed by atoms with Crippen molar-refractivity contribution in [3.05, 3.63) is 117 Å². The fourth-order valence-corrected chi connectivity index (χ4v) is 7.46. The van der Waals surface area contributed by atoms with Gasteiger partial charge in [-0.2, -0.15) is 26.3 Å². The maximum absolute atomic E-state index is 13.1. The molecule has 6 rings (SSSR count). The second-order valence-electron chi connectivity index (χ2n) is 14.3. The number of ether oxygens (including phenoxy) is 1. The van der Waals surface area contributed by atoms with E-state index >= 15 is 0 Å². The summed E-state index contributed by atoms with van der Waals surface area (Å²) in [6.07, 6.45) is -10.0. The van der Waals surface area contributed by atoms with Crippen molar-refractivity contribution < 1.29 is 85.2 Å². The van der Waals surface area contributed by atoms with Crippen LogP contribution >= 0.6 is 23.2 Å². The Balaban J connectivity index is 0.000000428. The molecule has 0 saturated carbocycles. The zero-order valence-corrected chi connectivity index (χ0v) is 36.5. The predicted molar refractivity (Wildman–Crippen MR) is 227 cm³/mol. The summed E-state index contributed by atoms with van der Waals surface area (Å²) >= 11 is 12.0. The first kappa shape index (κ1) is 55.8. The van der Waals surface area contributed by atoms with Crippen molar-refractivity contribution in [2.75, 3.05) is 67.1 Å². The minimum Gasteiger partial charge on any atom is -0.870 e. The predicted octanol–water partition coefficient (Wildman–Crippen LogP) is 4.09. The average Bonchev–Trinajstić information content (AvgIpc) is 3.20. The van der Waals surface area contributed by atoms with Crippen molar-refractivity contribution in [3.63, 3.8) is 0 Å². The van der Waals surface area contributed by atoms with E-state index in [-0.39, 0.29) is 92.8 Å². The van der Waals surface area contributed by atoms with E-state index in [1.54, 1.807) is 60.4 Å². The van der Waals surface area contributed by atoms with Gasteiger partial charge in [-0.1, -0.05) is 47.5 Å². The first-order valence-corrected chi connectivity index (χ1v) is 19.8. The molecule has 2 atom stereocenters. The summed E-state index contributed by atoms with van der Waals surface area (Å²) in [4.78, 5) is 54.2. The number of carbonyl (C=O) groups is 4. The maximum Gasteiger partial charge on any atom is 1.00 e. The summed E-state index contributed by atoms with van der Waals surface area (Å²) in [5.74, 6) is -2.73. The fourth-order valence-electron chi connectivity index (χ4n) is 7.21. The normalized spacial score (nSPS) is 16.1. The van der Waals surface area contributed by atoms with E-state index in [4.69, 9.17) is 44.5 Å². The number of nitrogens with zero attached hydrogens (tertiary/aromatic N) is 4. The number of benzene rings is 4. The average molecular weight is 954 g/mol. The van der Waals surface area contributed by atoms with Gasteiger partial charge in [-0.3, -0.25) is 19.2 Å². The van der Waals surface area contributed by atoms with E-state index in [9.17, 15) is 45.5 Å². The Kier molecular flexibility index (Phi) is 20.3. The van der Waals surface area contributed by atoms with E-state index in [0.29, 0.717) is 28.0 Å². The molecule has 23 heteroatoms. The van der Waals surface area contributed by atoms with Crippen LogP contribution in [0.1, 0.15) is 54.1 Å². The Morgan fingerprint density at radius 2 is 1.03 bits per heavy atom. The summed E-state index contributed by atoms with van der Waals surface area (Å²) in [5, 5.41) is 9.94. The number of esters is 1. The molecule has 2 saturated heterocycles. The van der Waals surface area contributed by atoms with Crippen LogP contribution in [0, 0.1) is 0 Å². The molecule has 2 heterocycles. The molecule has 2 fully saturated rings. The number of nitrogens with two attached hydrogens (primary N) is 2. The quantitative estimate of drug-likeness (QED) is 0.0713. The van der Waals surface area contributed by atoms with Gasteiger partial charge in [-0.05, 0) is 78.7 Å². The molecule has 2 unspecified atom stereocenters. The van der Waals surface area contributed by atoms with Gasteiger partial charge in [0.05, 0.1) is 52.6 Å². The number of carbonyl (C=O) groups excluding carboxylic acids is 3. The molecule has 65 heavy (non-hydrogen) atoms. The molecule has 8 N–H and O–H groups in total. The van der Waals surface area contributed by atoms with Crippen LogP contribution in [0.2, 0.25) is 10.0 Å². The van der Waals surface area contributed by atoms with Crippen molar-refractivity contribution >= 4 is 69.7 Å². The molecule has 0 radical (unpaired) electrons. The van der Waals surface area contributed by atoms with E-state index < -0.39 is 59.8 Å². The first-order chi connectivity index (χ1) is 29.2. The molecule has 14 nitrogen and oxygen atoms in total. The second-order valence-corrected chi connectivity index (χ2v) is 15.2. The summed E-state index contributed by atoms with van der Waals surface area (Å²) in [6.45, 7) is 3.31. The Morgan fingerprint density at radius 1 is 0.662 bits per heavy atom. The van der Waals surface area contributed by atoms with Crippen LogP contribution in [-0.2, 0) is 36.3 Å². The molecule has 2 amide bonds. The van der Waals surface area contributed by atoms with E-state index in [1.165, 1.54) is 17.0 Å². The zero-order valence-electron chi connectivity index (χ0n) is 35.0. The van der Waals surface area contributed by atoms with Gasteiger partial charge in [0.1, 0.15) is 12.8 Å². The fraction of sp³-hybridized carbons (Fsp3) is 0.333. The van der Waals surface area contributed by atoms with Gasteiger partial charge in [-0.15, -0.1) is 0 Å². The molecule has 348 valence electrons. The molecule has 2 aliphatic rings. The van der Waals surface area contributed by atoms with Crippen molar-refractivity contribution in [2.24, 2.45) is 0 Å². The number of amides is 2. The standard InChI is InChI=1S/C22H23ClF3N3O3.C20H19ClF3N3O3.Li.2H2O/c1-2-32-21(31)12-20(30)28-9-10-29(19(13-28)14-3-6-16(23)7-4-14)18-8-5-15(11-17(18)27)22(24,25)26;21-14-4-1-12(2-5-14)17-11-26(18(28)10-19(29)30)7-8-27(17)16-6-3-13(9-15(16)25)20(22,23)24;;;/h3-8,11,19H,2,9-10,12-13,27H2,1H3;1-6,9,17H,7-8,10-11,25H2,(H,29,30);;2*1H2/q;;+1;;/p-1.